The zero-order chi connectivity index (χ0) is 19.2. The number of morpholine rings is 1. The van der Waals surface area contributed by atoms with Crippen molar-refractivity contribution >= 4 is 5.82 Å². The smallest absolute Gasteiger partial charge is 0.129 e. The summed E-state index contributed by atoms with van der Waals surface area (Å²) in [5.41, 5.74) is 4.72. The van der Waals surface area contributed by atoms with Crippen LogP contribution >= 0.6 is 0 Å². The van der Waals surface area contributed by atoms with Crippen LogP contribution in [0.25, 0.3) is 11.1 Å². The van der Waals surface area contributed by atoms with Gasteiger partial charge < -0.3 is 15.0 Å². The minimum Gasteiger partial charge on any atom is -0.378 e. The van der Waals surface area contributed by atoms with E-state index in [0.29, 0.717) is 0 Å². The number of benzene rings is 1. The van der Waals surface area contributed by atoms with Crippen molar-refractivity contribution in [3.8, 4) is 11.1 Å². The first-order valence-electron chi connectivity index (χ1n) is 9.82. The first kappa shape index (κ1) is 18.6. The SMILES string of the molecule is CC(NCc1cccc(N2CCOCC2)n1)c1ccc(-c2ccncc2)cc1. The van der Waals surface area contributed by atoms with E-state index in [-0.39, 0.29) is 6.04 Å². The molecule has 4 rings (SSSR count). The Hall–Kier alpha value is -2.76. The molecule has 3 aromatic rings. The van der Waals surface area contributed by atoms with Crippen molar-refractivity contribution in [2.75, 3.05) is 31.2 Å². The van der Waals surface area contributed by atoms with Gasteiger partial charge in [0.05, 0.1) is 18.9 Å². The fourth-order valence-electron chi connectivity index (χ4n) is 3.42. The second kappa shape index (κ2) is 8.95. The van der Waals surface area contributed by atoms with Gasteiger partial charge in [-0.1, -0.05) is 30.3 Å². The highest BCUT2D eigenvalue weighted by molar-refractivity contribution is 5.63. The summed E-state index contributed by atoms with van der Waals surface area (Å²) in [5, 5.41) is 3.59. The molecule has 0 saturated carbocycles. The number of ether oxygens (including phenoxy) is 1. The van der Waals surface area contributed by atoms with Crippen molar-refractivity contribution in [1.82, 2.24) is 15.3 Å². The van der Waals surface area contributed by atoms with Gasteiger partial charge in [0.25, 0.3) is 0 Å². The molecule has 2 aromatic heterocycles. The van der Waals surface area contributed by atoms with Crippen LogP contribution in [-0.4, -0.2) is 36.3 Å². The zero-order valence-corrected chi connectivity index (χ0v) is 16.2. The molecule has 5 heteroatoms. The highest BCUT2D eigenvalue weighted by Crippen LogP contribution is 2.21. The molecule has 28 heavy (non-hydrogen) atoms. The highest BCUT2D eigenvalue weighted by Gasteiger charge is 2.13. The average molecular weight is 374 g/mol. The van der Waals surface area contributed by atoms with E-state index in [1.54, 1.807) is 0 Å². The van der Waals surface area contributed by atoms with Crippen LogP contribution < -0.4 is 10.2 Å². The van der Waals surface area contributed by atoms with Gasteiger partial charge in [-0.3, -0.25) is 4.98 Å². The molecule has 1 atom stereocenters. The van der Waals surface area contributed by atoms with Crippen LogP contribution in [0.3, 0.4) is 0 Å². The fourth-order valence-corrected chi connectivity index (χ4v) is 3.42. The van der Waals surface area contributed by atoms with Crippen molar-refractivity contribution in [2.45, 2.75) is 19.5 Å². The number of nitrogens with zero attached hydrogens (tertiary/aromatic N) is 3. The lowest BCUT2D eigenvalue weighted by Gasteiger charge is -2.28. The van der Waals surface area contributed by atoms with Gasteiger partial charge in [-0.2, -0.15) is 0 Å². The molecule has 1 fully saturated rings. The number of aromatic nitrogens is 2. The maximum absolute atomic E-state index is 5.43. The Morgan fingerprint density at radius 3 is 2.43 bits per heavy atom. The first-order valence-corrected chi connectivity index (χ1v) is 9.82. The topological polar surface area (TPSA) is 50.3 Å². The third kappa shape index (κ3) is 4.55. The molecule has 0 radical (unpaired) electrons. The van der Waals surface area contributed by atoms with Gasteiger partial charge >= 0.3 is 0 Å². The van der Waals surface area contributed by atoms with Gasteiger partial charge in [-0.25, -0.2) is 4.98 Å². The Labute approximate surface area is 166 Å². The van der Waals surface area contributed by atoms with Gasteiger partial charge in [0.2, 0.25) is 0 Å². The normalized spacial score (nSPS) is 15.4. The standard InChI is InChI=1S/C23H26N4O/c1-18(19-5-7-20(8-6-19)21-9-11-24-12-10-21)25-17-22-3-2-4-23(26-22)27-13-15-28-16-14-27/h2-12,18,25H,13-17H2,1H3. The van der Waals surface area contributed by atoms with Crippen LogP contribution in [0.1, 0.15) is 24.2 Å². The summed E-state index contributed by atoms with van der Waals surface area (Å²) in [6, 6.07) is 19.3. The van der Waals surface area contributed by atoms with Crippen molar-refractivity contribution < 1.29 is 4.74 Å². The molecule has 1 aliphatic rings. The molecule has 3 heterocycles. The van der Waals surface area contributed by atoms with Gasteiger partial charge in [-0.15, -0.1) is 0 Å². The Morgan fingerprint density at radius 1 is 0.964 bits per heavy atom. The Balaban J connectivity index is 1.37. The quantitative estimate of drug-likeness (QED) is 0.711. The van der Waals surface area contributed by atoms with Gasteiger partial charge in [0.1, 0.15) is 5.82 Å². The van der Waals surface area contributed by atoms with E-state index in [1.165, 1.54) is 16.7 Å². The largest absolute Gasteiger partial charge is 0.378 e. The molecular formula is C23H26N4O. The second-order valence-corrected chi connectivity index (χ2v) is 7.05. The van der Waals surface area contributed by atoms with Gasteiger partial charge in [0.15, 0.2) is 0 Å². The number of rotatable bonds is 6. The molecular weight excluding hydrogens is 348 g/mol. The molecule has 1 aromatic carbocycles. The lowest BCUT2D eigenvalue weighted by Crippen LogP contribution is -2.36. The molecule has 0 aliphatic carbocycles. The summed E-state index contributed by atoms with van der Waals surface area (Å²) >= 11 is 0. The van der Waals surface area contributed by atoms with Crippen molar-refractivity contribution in [3.05, 3.63) is 78.2 Å². The van der Waals surface area contributed by atoms with Crippen molar-refractivity contribution in [1.29, 1.82) is 0 Å². The predicted octanol–water partition coefficient (Wildman–Crippen LogP) is 3.83. The van der Waals surface area contributed by atoms with E-state index in [0.717, 1.165) is 44.4 Å². The zero-order valence-electron chi connectivity index (χ0n) is 16.2. The minimum atomic E-state index is 0.250. The van der Waals surface area contributed by atoms with E-state index >= 15 is 0 Å². The number of hydrogen-bond acceptors (Lipinski definition) is 5. The van der Waals surface area contributed by atoms with Crippen LogP contribution in [-0.2, 0) is 11.3 Å². The van der Waals surface area contributed by atoms with Crippen molar-refractivity contribution in [3.63, 3.8) is 0 Å². The molecule has 0 spiro atoms. The summed E-state index contributed by atoms with van der Waals surface area (Å²) in [5.74, 6) is 1.04. The van der Waals surface area contributed by atoms with Crippen LogP contribution in [0, 0.1) is 0 Å². The third-order valence-electron chi connectivity index (χ3n) is 5.14. The maximum Gasteiger partial charge on any atom is 0.129 e. The van der Waals surface area contributed by atoms with E-state index in [2.05, 4.69) is 64.6 Å². The van der Waals surface area contributed by atoms with E-state index < -0.39 is 0 Å². The highest BCUT2D eigenvalue weighted by atomic mass is 16.5. The van der Waals surface area contributed by atoms with Crippen molar-refractivity contribution in [2.24, 2.45) is 0 Å². The molecule has 1 saturated heterocycles. The monoisotopic (exact) mass is 374 g/mol. The Kier molecular flexibility index (Phi) is 5.95. The Morgan fingerprint density at radius 2 is 1.68 bits per heavy atom. The molecule has 5 nitrogen and oxygen atoms in total. The fraction of sp³-hybridized carbons (Fsp3) is 0.304. The summed E-state index contributed by atoms with van der Waals surface area (Å²) in [6.45, 7) is 6.29. The molecule has 1 unspecified atom stereocenters. The first-order chi connectivity index (χ1) is 13.8. The predicted molar refractivity (Wildman–Crippen MR) is 112 cm³/mol. The third-order valence-corrected chi connectivity index (χ3v) is 5.14. The summed E-state index contributed by atoms with van der Waals surface area (Å²) < 4.78 is 5.43. The summed E-state index contributed by atoms with van der Waals surface area (Å²) in [6.07, 6.45) is 3.65. The van der Waals surface area contributed by atoms with E-state index in [4.69, 9.17) is 9.72 Å². The minimum absolute atomic E-state index is 0.250. The van der Waals surface area contributed by atoms with E-state index in [9.17, 15) is 0 Å². The van der Waals surface area contributed by atoms with E-state index in [1.807, 2.05) is 24.5 Å². The van der Waals surface area contributed by atoms with Gasteiger partial charge in [0, 0.05) is 38.1 Å². The number of anilines is 1. The lowest BCUT2D eigenvalue weighted by molar-refractivity contribution is 0.122. The molecule has 1 aliphatic heterocycles. The van der Waals surface area contributed by atoms with Crippen LogP contribution in [0.15, 0.2) is 67.0 Å². The number of hydrogen-bond donors (Lipinski definition) is 1. The van der Waals surface area contributed by atoms with Gasteiger partial charge in [-0.05, 0) is 47.9 Å². The average Bonchev–Trinajstić information content (AvgIpc) is 2.79. The second-order valence-electron chi connectivity index (χ2n) is 7.05. The molecule has 1 N–H and O–H groups in total. The lowest BCUT2D eigenvalue weighted by atomic mass is 10.0. The Bertz CT molecular complexity index is 877. The summed E-state index contributed by atoms with van der Waals surface area (Å²) in [4.78, 5) is 11.2. The number of pyridine rings is 2. The maximum atomic E-state index is 5.43. The van der Waals surface area contributed by atoms with Crippen LogP contribution in [0.4, 0.5) is 5.82 Å². The summed E-state index contributed by atoms with van der Waals surface area (Å²) in [7, 11) is 0. The molecule has 0 bridgehead atoms. The number of nitrogens with one attached hydrogen (secondary N) is 1. The van der Waals surface area contributed by atoms with Crippen LogP contribution in [0.2, 0.25) is 0 Å². The molecule has 144 valence electrons. The molecule has 0 amide bonds. The van der Waals surface area contributed by atoms with Crippen LogP contribution in [0.5, 0.6) is 0 Å².